The van der Waals surface area contributed by atoms with Crippen molar-refractivity contribution in [1.82, 2.24) is 10.6 Å². The van der Waals surface area contributed by atoms with E-state index in [0.717, 1.165) is 50.7 Å². The Morgan fingerprint density at radius 1 is 1.14 bits per heavy atom. The lowest BCUT2D eigenvalue weighted by molar-refractivity contribution is -0.154. The van der Waals surface area contributed by atoms with E-state index in [1.807, 2.05) is 27.8 Å². The van der Waals surface area contributed by atoms with Gasteiger partial charge in [-0.1, -0.05) is 12.8 Å². The molecule has 5 heteroatoms. The molecule has 0 spiro atoms. The number of unbranched alkanes of at least 4 members (excludes halogenated alkanes) is 3. The van der Waals surface area contributed by atoms with E-state index >= 15 is 0 Å². The van der Waals surface area contributed by atoms with Gasteiger partial charge in [-0.2, -0.15) is 0 Å². The third-order valence-electron chi connectivity index (χ3n) is 3.50. The Labute approximate surface area is 135 Å². The standard InChI is InChI=1S/C17H33N3O2/c1-17(2,3)22-15(21)9-7-5-6-8-12-19-16(18-4)20-13-14-10-11-14/h14H,5-13H2,1-4H3,(H2,18,19,20). The van der Waals surface area contributed by atoms with Gasteiger partial charge < -0.3 is 15.4 Å². The molecule has 22 heavy (non-hydrogen) atoms. The molecule has 0 saturated heterocycles. The number of aliphatic imine (C=N–C) groups is 1. The molecule has 0 radical (unpaired) electrons. The van der Waals surface area contributed by atoms with Crippen molar-refractivity contribution in [3.63, 3.8) is 0 Å². The lowest BCUT2D eigenvalue weighted by Crippen LogP contribution is -2.38. The number of ether oxygens (including phenoxy) is 1. The third-order valence-corrected chi connectivity index (χ3v) is 3.50. The molecule has 0 aromatic carbocycles. The predicted molar refractivity (Wildman–Crippen MR) is 91.0 cm³/mol. The van der Waals surface area contributed by atoms with Crippen LogP contribution >= 0.6 is 0 Å². The molecule has 1 rings (SSSR count). The van der Waals surface area contributed by atoms with Gasteiger partial charge in [0.25, 0.3) is 0 Å². The summed E-state index contributed by atoms with van der Waals surface area (Å²) >= 11 is 0. The largest absolute Gasteiger partial charge is 0.460 e. The van der Waals surface area contributed by atoms with E-state index in [9.17, 15) is 4.79 Å². The Balaban J connectivity index is 1.92. The Kier molecular flexibility index (Phi) is 8.28. The molecule has 1 fully saturated rings. The highest BCUT2D eigenvalue weighted by Crippen LogP contribution is 2.27. The fourth-order valence-corrected chi connectivity index (χ4v) is 2.13. The minimum absolute atomic E-state index is 0.0877. The van der Waals surface area contributed by atoms with Crippen LogP contribution in [0.1, 0.15) is 65.7 Å². The molecule has 0 aromatic heterocycles. The first-order valence-electron chi connectivity index (χ1n) is 8.57. The van der Waals surface area contributed by atoms with E-state index < -0.39 is 0 Å². The van der Waals surface area contributed by atoms with Crippen LogP contribution in [0.25, 0.3) is 0 Å². The molecular weight excluding hydrogens is 278 g/mol. The van der Waals surface area contributed by atoms with Crippen LogP contribution in [0.2, 0.25) is 0 Å². The molecule has 5 nitrogen and oxygen atoms in total. The summed E-state index contributed by atoms with van der Waals surface area (Å²) in [6.07, 6.45) is 7.41. The summed E-state index contributed by atoms with van der Waals surface area (Å²) in [5.41, 5.74) is -0.371. The summed E-state index contributed by atoms with van der Waals surface area (Å²) in [6, 6.07) is 0. The van der Waals surface area contributed by atoms with Crippen LogP contribution in [-0.2, 0) is 9.53 Å². The summed E-state index contributed by atoms with van der Waals surface area (Å²) in [7, 11) is 1.81. The van der Waals surface area contributed by atoms with Gasteiger partial charge in [0.1, 0.15) is 5.60 Å². The number of carbonyl (C=O) groups excluding carboxylic acids is 1. The van der Waals surface area contributed by atoms with Crippen molar-refractivity contribution in [2.24, 2.45) is 10.9 Å². The molecule has 0 heterocycles. The number of rotatable bonds is 9. The lowest BCUT2D eigenvalue weighted by Gasteiger charge is -2.19. The second-order valence-electron chi connectivity index (χ2n) is 7.07. The first kappa shape index (κ1) is 18.8. The lowest BCUT2D eigenvalue weighted by atomic mass is 10.1. The number of hydrogen-bond acceptors (Lipinski definition) is 3. The van der Waals surface area contributed by atoms with Crippen LogP contribution in [0, 0.1) is 5.92 Å². The zero-order chi connectivity index (χ0) is 16.4. The Bertz CT molecular complexity index is 357. The van der Waals surface area contributed by atoms with Crippen molar-refractivity contribution < 1.29 is 9.53 Å². The molecule has 1 saturated carbocycles. The number of nitrogens with zero attached hydrogens (tertiary/aromatic N) is 1. The van der Waals surface area contributed by atoms with Crippen LogP contribution in [0.3, 0.4) is 0 Å². The molecule has 1 aliphatic carbocycles. The molecule has 1 aliphatic rings. The number of esters is 1. The Morgan fingerprint density at radius 2 is 1.82 bits per heavy atom. The second-order valence-corrected chi connectivity index (χ2v) is 7.07. The molecule has 0 bridgehead atoms. The molecule has 0 aliphatic heterocycles. The van der Waals surface area contributed by atoms with E-state index in [2.05, 4.69) is 15.6 Å². The van der Waals surface area contributed by atoms with Crippen molar-refractivity contribution in [2.75, 3.05) is 20.1 Å². The number of hydrogen-bond donors (Lipinski definition) is 2. The van der Waals surface area contributed by atoms with Crippen molar-refractivity contribution in [3.8, 4) is 0 Å². The van der Waals surface area contributed by atoms with Gasteiger partial charge in [0.15, 0.2) is 5.96 Å². The van der Waals surface area contributed by atoms with Crippen LogP contribution in [0.15, 0.2) is 4.99 Å². The highest BCUT2D eigenvalue weighted by molar-refractivity contribution is 5.79. The smallest absolute Gasteiger partial charge is 0.306 e. The van der Waals surface area contributed by atoms with Crippen molar-refractivity contribution in [3.05, 3.63) is 0 Å². The molecule has 128 valence electrons. The first-order valence-corrected chi connectivity index (χ1v) is 8.57. The van der Waals surface area contributed by atoms with Gasteiger partial charge in [-0.3, -0.25) is 9.79 Å². The van der Waals surface area contributed by atoms with E-state index in [-0.39, 0.29) is 11.6 Å². The van der Waals surface area contributed by atoms with Crippen molar-refractivity contribution >= 4 is 11.9 Å². The van der Waals surface area contributed by atoms with Crippen molar-refractivity contribution in [2.45, 2.75) is 71.3 Å². The topological polar surface area (TPSA) is 62.7 Å². The molecule has 0 aromatic rings. The highest BCUT2D eigenvalue weighted by Gasteiger charge is 2.20. The quantitative estimate of drug-likeness (QED) is 0.297. The van der Waals surface area contributed by atoms with E-state index in [1.165, 1.54) is 12.8 Å². The summed E-state index contributed by atoms with van der Waals surface area (Å²) in [6.45, 7) is 7.68. The monoisotopic (exact) mass is 311 g/mol. The number of guanidine groups is 1. The summed E-state index contributed by atoms with van der Waals surface area (Å²) < 4.78 is 5.29. The van der Waals surface area contributed by atoms with E-state index in [4.69, 9.17) is 4.74 Å². The van der Waals surface area contributed by atoms with Crippen LogP contribution in [0.5, 0.6) is 0 Å². The van der Waals surface area contributed by atoms with Gasteiger partial charge in [0, 0.05) is 26.6 Å². The van der Waals surface area contributed by atoms with Crippen LogP contribution in [0.4, 0.5) is 0 Å². The minimum atomic E-state index is -0.371. The van der Waals surface area contributed by atoms with E-state index in [0.29, 0.717) is 6.42 Å². The molecule has 0 atom stereocenters. The maximum Gasteiger partial charge on any atom is 0.306 e. The normalized spacial score (nSPS) is 15.5. The maximum atomic E-state index is 11.5. The number of carbonyl (C=O) groups is 1. The van der Waals surface area contributed by atoms with Gasteiger partial charge in [0.2, 0.25) is 0 Å². The van der Waals surface area contributed by atoms with Gasteiger partial charge in [-0.15, -0.1) is 0 Å². The fourth-order valence-electron chi connectivity index (χ4n) is 2.13. The maximum absolute atomic E-state index is 11.5. The fraction of sp³-hybridized carbons (Fsp3) is 0.882. The molecule has 0 amide bonds. The average molecular weight is 311 g/mol. The summed E-state index contributed by atoms with van der Waals surface area (Å²) in [5.74, 6) is 1.67. The zero-order valence-corrected chi connectivity index (χ0v) is 14.7. The van der Waals surface area contributed by atoms with Crippen LogP contribution < -0.4 is 10.6 Å². The van der Waals surface area contributed by atoms with Gasteiger partial charge in [-0.25, -0.2) is 0 Å². The van der Waals surface area contributed by atoms with Gasteiger partial charge in [-0.05, 0) is 52.4 Å². The zero-order valence-electron chi connectivity index (χ0n) is 14.7. The highest BCUT2D eigenvalue weighted by atomic mass is 16.6. The summed E-state index contributed by atoms with van der Waals surface area (Å²) in [5, 5.41) is 6.68. The first-order chi connectivity index (χ1) is 10.4. The molecule has 0 unspecified atom stereocenters. The number of nitrogens with one attached hydrogen (secondary N) is 2. The SMILES string of the molecule is CN=C(NCCCCCCC(=O)OC(C)(C)C)NCC1CC1. The summed E-state index contributed by atoms with van der Waals surface area (Å²) in [4.78, 5) is 15.8. The van der Waals surface area contributed by atoms with Crippen molar-refractivity contribution in [1.29, 1.82) is 0 Å². The minimum Gasteiger partial charge on any atom is -0.460 e. The Morgan fingerprint density at radius 3 is 2.41 bits per heavy atom. The van der Waals surface area contributed by atoms with Gasteiger partial charge >= 0.3 is 5.97 Å². The second kappa shape index (κ2) is 9.70. The van der Waals surface area contributed by atoms with Gasteiger partial charge in [0.05, 0.1) is 0 Å². The predicted octanol–water partition coefficient (Wildman–Crippen LogP) is 2.85. The molecular formula is C17H33N3O2. The van der Waals surface area contributed by atoms with Crippen LogP contribution in [-0.4, -0.2) is 37.7 Å². The van der Waals surface area contributed by atoms with E-state index in [1.54, 1.807) is 0 Å². The third kappa shape index (κ3) is 10.5. The Hall–Kier alpha value is -1.26. The average Bonchev–Trinajstić information content (AvgIpc) is 3.23. The molecule has 2 N–H and O–H groups in total.